The Labute approximate surface area is 145 Å². The summed E-state index contributed by atoms with van der Waals surface area (Å²) in [6, 6.07) is 8.18. The molecule has 0 N–H and O–H groups in total. The summed E-state index contributed by atoms with van der Waals surface area (Å²) in [6.07, 6.45) is 1.76. The molecule has 1 saturated heterocycles. The maximum Gasteiger partial charge on any atom is 0.245 e. The van der Waals surface area contributed by atoms with E-state index in [-0.39, 0.29) is 6.10 Å². The molecule has 0 radical (unpaired) electrons. The van der Waals surface area contributed by atoms with Gasteiger partial charge >= 0.3 is 0 Å². The summed E-state index contributed by atoms with van der Waals surface area (Å²) in [6.45, 7) is 6.38. The van der Waals surface area contributed by atoms with Crippen molar-refractivity contribution in [3.63, 3.8) is 0 Å². The first-order valence-corrected chi connectivity index (χ1v) is 8.85. The van der Waals surface area contributed by atoms with Crippen LogP contribution < -0.4 is 4.90 Å². The molecular weight excluding hydrogens is 356 g/mol. The van der Waals surface area contributed by atoms with Crippen molar-refractivity contribution in [1.82, 2.24) is 15.2 Å². The largest absolute Gasteiger partial charge is 0.370 e. The summed E-state index contributed by atoms with van der Waals surface area (Å²) >= 11 is 3.61. The smallest absolute Gasteiger partial charge is 0.245 e. The minimum absolute atomic E-state index is 0.0128. The Hall–Kier alpha value is -1.53. The molecule has 6 heteroatoms. The van der Waals surface area contributed by atoms with Crippen LogP contribution in [-0.2, 0) is 17.6 Å². The second kappa shape index (κ2) is 7.36. The van der Waals surface area contributed by atoms with Gasteiger partial charge in [0.2, 0.25) is 5.95 Å². The van der Waals surface area contributed by atoms with E-state index in [1.54, 1.807) is 0 Å². The number of ether oxygens (including phenoxy) is 1. The SMILES string of the molecule is CCc1nnc(N2CCOC(c3ccccc3Br)C2)nc1CC. The van der Waals surface area contributed by atoms with E-state index < -0.39 is 0 Å². The zero-order valence-corrected chi connectivity index (χ0v) is 15.1. The summed E-state index contributed by atoms with van der Waals surface area (Å²) < 4.78 is 7.02. The minimum atomic E-state index is 0.0128. The summed E-state index contributed by atoms with van der Waals surface area (Å²) in [5, 5.41) is 8.68. The molecule has 0 aliphatic carbocycles. The van der Waals surface area contributed by atoms with Crippen molar-refractivity contribution in [1.29, 1.82) is 0 Å². The Morgan fingerprint density at radius 3 is 2.70 bits per heavy atom. The number of hydrogen-bond donors (Lipinski definition) is 0. The number of morpholine rings is 1. The molecule has 1 aliphatic rings. The molecule has 1 atom stereocenters. The van der Waals surface area contributed by atoms with Crippen LogP contribution in [0.2, 0.25) is 0 Å². The maximum atomic E-state index is 5.95. The predicted molar refractivity (Wildman–Crippen MR) is 93.6 cm³/mol. The molecule has 0 saturated carbocycles. The van der Waals surface area contributed by atoms with Gasteiger partial charge in [0.25, 0.3) is 0 Å². The number of halogens is 1. The van der Waals surface area contributed by atoms with Crippen molar-refractivity contribution >= 4 is 21.9 Å². The second-order valence-electron chi connectivity index (χ2n) is 5.54. The van der Waals surface area contributed by atoms with Crippen LogP contribution in [-0.4, -0.2) is 34.9 Å². The van der Waals surface area contributed by atoms with Crippen LogP contribution in [0.5, 0.6) is 0 Å². The topological polar surface area (TPSA) is 51.1 Å². The molecule has 1 aliphatic heterocycles. The molecule has 1 unspecified atom stereocenters. The van der Waals surface area contributed by atoms with Gasteiger partial charge in [0.15, 0.2) is 0 Å². The number of hydrogen-bond acceptors (Lipinski definition) is 5. The first-order chi connectivity index (χ1) is 11.2. The van der Waals surface area contributed by atoms with Crippen LogP contribution in [0.15, 0.2) is 28.7 Å². The number of anilines is 1. The molecule has 0 amide bonds. The van der Waals surface area contributed by atoms with Crippen molar-refractivity contribution in [2.45, 2.75) is 32.8 Å². The molecule has 2 aromatic rings. The summed E-state index contributed by atoms with van der Waals surface area (Å²) in [5.74, 6) is 0.708. The fourth-order valence-electron chi connectivity index (χ4n) is 2.82. The number of aromatic nitrogens is 3. The first-order valence-electron chi connectivity index (χ1n) is 8.06. The Morgan fingerprint density at radius 1 is 1.17 bits per heavy atom. The van der Waals surface area contributed by atoms with Gasteiger partial charge in [0.05, 0.1) is 24.5 Å². The van der Waals surface area contributed by atoms with Gasteiger partial charge in [-0.1, -0.05) is 48.0 Å². The van der Waals surface area contributed by atoms with E-state index in [0.29, 0.717) is 12.6 Å². The van der Waals surface area contributed by atoms with E-state index in [1.807, 2.05) is 18.2 Å². The predicted octanol–water partition coefficient (Wildman–Crippen LogP) is 3.34. The molecule has 1 aromatic carbocycles. The van der Waals surface area contributed by atoms with Gasteiger partial charge in [-0.15, -0.1) is 5.10 Å². The van der Waals surface area contributed by atoms with E-state index in [0.717, 1.165) is 47.4 Å². The van der Waals surface area contributed by atoms with Gasteiger partial charge in [-0.3, -0.25) is 0 Å². The molecule has 122 valence electrons. The highest BCUT2D eigenvalue weighted by Gasteiger charge is 2.25. The van der Waals surface area contributed by atoms with E-state index in [4.69, 9.17) is 9.72 Å². The van der Waals surface area contributed by atoms with Gasteiger partial charge < -0.3 is 9.64 Å². The van der Waals surface area contributed by atoms with Gasteiger partial charge in [-0.25, -0.2) is 4.98 Å². The van der Waals surface area contributed by atoms with Gasteiger partial charge in [-0.2, -0.15) is 5.10 Å². The molecule has 0 spiro atoms. The van der Waals surface area contributed by atoms with Crippen LogP contribution in [0.1, 0.15) is 36.9 Å². The molecule has 0 bridgehead atoms. The Balaban J connectivity index is 1.83. The third-order valence-corrected chi connectivity index (χ3v) is 4.82. The van der Waals surface area contributed by atoms with Crippen molar-refractivity contribution < 1.29 is 4.74 Å². The minimum Gasteiger partial charge on any atom is -0.370 e. The fraction of sp³-hybridized carbons (Fsp3) is 0.471. The molecule has 2 heterocycles. The van der Waals surface area contributed by atoms with Gasteiger partial charge in [0.1, 0.15) is 6.10 Å². The lowest BCUT2D eigenvalue weighted by molar-refractivity contribution is 0.0387. The fourth-order valence-corrected chi connectivity index (χ4v) is 3.36. The molecule has 23 heavy (non-hydrogen) atoms. The number of benzene rings is 1. The standard InChI is InChI=1S/C17H21BrN4O/c1-3-14-15(4-2)20-21-17(19-14)22-9-10-23-16(11-22)12-7-5-6-8-13(12)18/h5-8,16H,3-4,9-11H2,1-2H3. The van der Waals surface area contributed by atoms with Crippen LogP contribution in [0.25, 0.3) is 0 Å². The van der Waals surface area contributed by atoms with E-state index in [2.05, 4.69) is 50.9 Å². The van der Waals surface area contributed by atoms with Crippen LogP contribution in [0.3, 0.4) is 0 Å². The zero-order valence-electron chi connectivity index (χ0n) is 13.5. The highest BCUT2D eigenvalue weighted by atomic mass is 79.9. The Bertz CT molecular complexity index is 679. The third kappa shape index (κ3) is 3.53. The average Bonchev–Trinajstić information content (AvgIpc) is 2.61. The Morgan fingerprint density at radius 2 is 1.96 bits per heavy atom. The monoisotopic (exact) mass is 376 g/mol. The third-order valence-electron chi connectivity index (χ3n) is 4.10. The summed E-state index contributed by atoms with van der Waals surface area (Å²) in [5.41, 5.74) is 3.19. The quantitative estimate of drug-likeness (QED) is 0.818. The van der Waals surface area contributed by atoms with E-state index in [1.165, 1.54) is 0 Å². The number of nitrogens with zero attached hydrogens (tertiary/aromatic N) is 4. The van der Waals surface area contributed by atoms with Crippen molar-refractivity contribution in [2.75, 3.05) is 24.6 Å². The van der Waals surface area contributed by atoms with Crippen LogP contribution in [0, 0.1) is 0 Å². The van der Waals surface area contributed by atoms with Crippen LogP contribution >= 0.6 is 15.9 Å². The summed E-state index contributed by atoms with van der Waals surface area (Å²) in [4.78, 5) is 6.89. The number of rotatable bonds is 4. The van der Waals surface area contributed by atoms with Gasteiger partial charge in [0, 0.05) is 11.0 Å². The van der Waals surface area contributed by atoms with Gasteiger partial charge in [-0.05, 0) is 24.5 Å². The maximum absolute atomic E-state index is 5.95. The Kier molecular flexibility index (Phi) is 5.23. The normalized spacial score (nSPS) is 18.2. The second-order valence-corrected chi connectivity index (χ2v) is 6.39. The van der Waals surface area contributed by atoms with Crippen LogP contribution in [0.4, 0.5) is 5.95 Å². The summed E-state index contributed by atoms with van der Waals surface area (Å²) in [7, 11) is 0. The highest BCUT2D eigenvalue weighted by molar-refractivity contribution is 9.10. The first kappa shape index (κ1) is 16.3. The number of aryl methyl sites for hydroxylation is 2. The highest BCUT2D eigenvalue weighted by Crippen LogP contribution is 2.29. The molecule has 5 nitrogen and oxygen atoms in total. The lowest BCUT2D eigenvalue weighted by Gasteiger charge is -2.33. The molecule has 1 aromatic heterocycles. The lowest BCUT2D eigenvalue weighted by Crippen LogP contribution is -2.39. The zero-order chi connectivity index (χ0) is 16.2. The van der Waals surface area contributed by atoms with Crippen molar-refractivity contribution in [3.05, 3.63) is 45.7 Å². The molecule has 1 fully saturated rings. The van der Waals surface area contributed by atoms with Crippen molar-refractivity contribution in [2.24, 2.45) is 0 Å². The lowest BCUT2D eigenvalue weighted by atomic mass is 10.1. The van der Waals surface area contributed by atoms with Crippen molar-refractivity contribution in [3.8, 4) is 0 Å². The average molecular weight is 377 g/mol. The molecular formula is C17H21BrN4O. The molecule has 3 rings (SSSR count). The van der Waals surface area contributed by atoms with E-state index >= 15 is 0 Å². The van der Waals surface area contributed by atoms with E-state index in [9.17, 15) is 0 Å².